The molecular formula is C17H22BrN3S. The Kier molecular flexibility index (Phi) is 5.63. The number of aromatic nitrogens is 1. The molecule has 0 radical (unpaired) electrons. The Morgan fingerprint density at radius 3 is 2.55 bits per heavy atom. The third-order valence-electron chi connectivity index (χ3n) is 4.07. The van der Waals surface area contributed by atoms with Crippen LogP contribution in [0.2, 0.25) is 0 Å². The summed E-state index contributed by atoms with van der Waals surface area (Å²) in [4.78, 5) is 11.2. The normalized spacial score (nSPS) is 17.5. The van der Waals surface area contributed by atoms with Crippen molar-refractivity contribution in [2.24, 2.45) is 0 Å². The predicted molar refractivity (Wildman–Crippen MR) is 96.2 cm³/mol. The highest BCUT2D eigenvalue weighted by atomic mass is 79.9. The first-order valence-electron chi connectivity index (χ1n) is 7.80. The van der Waals surface area contributed by atoms with Gasteiger partial charge in [0.2, 0.25) is 0 Å². The van der Waals surface area contributed by atoms with Gasteiger partial charge in [-0.1, -0.05) is 6.07 Å². The van der Waals surface area contributed by atoms with E-state index < -0.39 is 0 Å². The summed E-state index contributed by atoms with van der Waals surface area (Å²) in [6, 6.07) is 8.45. The first-order valence-corrected chi connectivity index (χ1v) is 9.47. The molecule has 0 saturated carbocycles. The molecule has 0 N–H and O–H groups in total. The van der Waals surface area contributed by atoms with Crippen LogP contribution in [-0.4, -0.2) is 41.0 Å². The van der Waals surface area contributed by atoms with Crippen LogP contribution in [0.4, 0.5) is 0 Å². The Hall–Kier alpha value is -0.750. The summed E-state index contributed by atoms with van der Waals surface area (Å²) in [5, 5.41) is 2.16. The molecule has 2 aromatic heterocycles. The molecule has 0 aliphatic carbocycles. The standard InChI is InChI=1S/C17H22BrN3S/c1-14-4-2-5-15(19-14)12-20-7-3-8-21(10-9-20)13-17-16(18)6-11-22-17/h2,4-6,11H,3,7-10,12-13H2,1H3. The highest BCUT2D eigenvalue weighted by Gasteiger charge is 2.16. The third-order valence-corrected chi connectivity index (χ3v) is 5.98. The minimum atomic E-state index is 0.970. The molecule has 1 fully saturated rings. The number of pyridine rings is 1. The second-order valence-electron chi connectivity index (χ2n) is 5.87. The summed E-state index contributed by atoms with van der Waals surface area (Å²) in [7, 11) is 0. The molecule has 0 atom stereocenters. The van der Waals surface area contributed by atoms with E-state index in [1.54, 1.807) is 0 Å². The van der Waals surface area contributed by atoms with E-state index in [0.717, 1.165) is 38.4 Å². The molecule has 1 aliphatic heterocycles. The van der Waals surface area contributed by atoms with Crippen LogP contribution in [0, 0.1) is 6.92 Å². The number of thiophene rings is 1. The molecule has 3 rings (SSSR count). The molecule has 3 nitrogen and oxygen atoms in total. The van der Waals surface area contributed by atoms with Gasteiger partial charge in [0, 0.05) is 41.2 Å². The molecule has 22 heavy (non-hydrogen) atoms. The van der Waals surface area contributed by atoms with Crippen molar-refractivity contribution < 1.29 is 0 Å². The van der Waals surface area contributed by atoms with Crippen LogP contribution in [0.5, 0.6) is 0 Å². The van der Waals surface area contributed by atoms with E-state index in [9.17, 15) is 0 Å². The van der Waals surface area contributed by atoms with Gasteiger partial charge < -0.3 is 0 Å². The van der Waals surface area contributed by atoms with Gasteiger partial charge in [0.25, 0.3) is 0 Å². The van der Waals surface area contributed by atoms with Crippen molar-refractivity contribution in [2.45, 2.75) is 26.4 Å². The van der Waals surface area contributed by atoms with E-state index in [0.29, 0.717) is 0 Å². The number of hydrogen-bond donors (Lipinski definition) is 0. The van der Waals surface area contributed by atoms with Crippen LogP contribution in [0.1, 0.15) is 22.7 Å². The van der Waals surface area contributed by atoms with Gasteiger partial charge >= 0.3 is 0 Å². The van der Waals surface area contributed by atoms with Crippen molar-refractivity contribution in [2.75, 3.05) is 26.2 Å². The topological polar surface area (TPSA) is 19.4 Å². The Bertz CT molecular complexity index is 613. The van der Waals surface area contributed by atoms with Crippen molar-refractivity contribution in [3.63, 3.8) is 0 Å². The van der Waals surface area contributed by atoms with E-state index >= 15 is 0 Å². The fourth-order valence-corrected chi connectivity index (χ4v) is 4.42. The lowest BCUT2D eigenvalue weighted by molar-refractivity contribution is 0.246. The predicted octanol–water partition coefficient (Wildman–Crippen LogP) is 3.92. The molecule has 0 aromatic carbocycles. The second-order valence-corrected chi connectivity index (χ2v) is 7.72. The molecule has 0 spiro atoms. The number of aryl methyl sites for hydroxylation is 1. The monoisotopic (exact) mass is 379 g/mol. The van der Waals surface area contributed by atoms with Crippen LogP contribution >= 0.6 is 27.3 Å². The molecule has 0 amide bonds. The largest absolute Gasteiger partial charge is 0.297 e. The van der Waals surface area contributed by atoms with Gasteiger partial charge in [0.05, 0.1) is 5.69 Å². The fraction of sp³-hybridized carbons (Fsp3) is 0.471. The summed E-state index contributed by atoms with van der Waals surface area (Å²) < 4.78 is 1.25. The molecule has 1 aliphatic rings. The summed E-state index contributed by atoms with van der Waals surface area (Å²) in [5.41, 5.74) is 2.30. The van der Waals surface area contributed by atoms with Crippen LogP contribution < -0.4 is 0 Å². The van der Waals surface area contributed by atoms with Gasteiger partial charge in [-0.05, 0) is 65.9 Å². The van der Waals surface area contributed by atoms with Crippen LogP contribution in [0.15, 0.2) is 34.1 Å². The fourth-order valence-electron chi connectivity index (χ4n) is 2.90. The van der Waals surface area contributed by atoms with Crippen molar-refractivity contribution in [3.8, 4) is 0 Å². The minimum Gasteiger partial charge on any atom is -0.297 e. The van der Waals surface area contributed by atoms with Crippen LogP contribution in [-0.2, 0) is 13.1 Å². The van der Waals surface area contributed by atoms with E-state index in [2.05, 4.69) is 67.3 Å². The molecule has 2 aromatic rings. The van der Waals surface area contributed by atoms with E-state index in [4.69, 9.17) is 0 Å². The average molecular weight is 380 g/mol. The quantitative estimate of drug-likeness (QED) is 0.802. The Morgan fingerprint density at radius 1 is 1.09 bits per heavy atom. The highest BCUT2D eigenvalue weighted by molar-refractivity contribution is 9.10. The molecule has 0 unspecified atom stereocenters. The molecule has 5 heteroatoms. The summed E-state index contributed by atoms with van der Waals surface area (Å²) >= 11 is 5.48. The molecule has 118 valence electrons. The number of hydrogen-bond acceptors (Lipinski definition) is 4. The lowest BCUT2D eigenvalue weighted by atomic mass is 10.3. The van der Waals surface area contributed by atoms with E-state index in [1.165, 1.54) is 28.0 Å². The second kappa shape index (κ2) is 7.68. The zero-order valence-corrected chi connectivity index (χ0v) is 15.4. The highest BCUT2D eigenvalue weighted by Crippen LogP contribution is 2.24. The van der Waals surface area contributed by atoms with Crippen LogP contribution in [0.25, 0.3) is 0 Å². The van der Waals surface area contributed by atoms with Gasteiger partial charge in [-0.3, -0.25) is 14.8 Å². The van der Waals surface area contributed by atoms with Crippen molar-refractivity contribution in [1.29, 1.82) is 0 Å². The first kappa shape index (κ1) is 16.1. The van der Waals surface area contributed by atoms with E-state index in [1.807, 2.05) is 11.3 Å². The maximum atomic E-state index is 4.63. The molecular weight excluding hydrogens is 358 g/mol. The Balaban J connectivity index is 1.54. The number of halogens is 1. The summed E-state index contributed by atoms with van der Waals surface area (Å²) in [6.45, 7) is 8.70. The maximum absolute atomic E-state index is 4.63. The summed E-state index contributed by atoms with van der Waals surface area (Å²) in [6.07, 6.45) is 1.23. The lowest BCUT2D eigenvalue weighted by Gasteiger charge is -2.21. The molecule has 3 heterocycles. The zero-order chi connectivity index (χ0) is 15.4. The zero-order valence-electron chi connectivity index (χ0n) is 13.0. The van der Waals surface area contributed by atoms with Crippen molar-refractivity contribution in [3.05, 3.63) is 50.4 Å². The van der Waals surface area contributed by atoms with Crippen molar-refractivity contribution in [1.82, 2.24) is 14.8 Å². The first-order chi connectivity index (χ1) is 10.7. The smallest absolute Gasteiger partial charge is 0.0547 e. The SMILES string of the molecule is Cc1cccc(CN2CCCN(Cc3sccc3Br)CC2)n1. The number of nitrogens with zero attached hydrogens (tertiary/aromatic N) is 3. The average Bonchev–Trinajstić information content (AvgIpc) is 2.76. The van der Waals surface area contributed by atoms with E-state index in [-0.39, 0.29) is 0 Å². The van der Waals surface area contributed by atoms with Gasteiger partial charge in [-0.25, -0.2) is 0 Å². The number of rotatable bonds is 4. The maximum Gasteiger partial charge on any atom is 0.0547 e. The van der Waals surface area contributed by atoms with Gasteiger partial charge in [0.1, 0.15) is 0 Å². The Morgan fingerprint density at radius 2 is 1.86 bits per heavy atom. The third kappa shape index (κ3) is 4.38. The summed E-state index contributed by atoms with van der Waals surface area (Å²) in [5.74, 6) is 0. The molecule has 1 saturated heterocycles. The van der Waals surface area contributed by atoms with Crippen molar-refractivity contribution >= 4 is 27.3 Å². The van der Waals surface area contributed by atoms with Gasteiger partial charge in [-0.15, -0.1) is 11.3 Å². The van der Waals surface area contributed by atoms with Crippen LogP contribution in [0.3, 0.4) is 0 Å². The van der Waals surface area contributed by atoms with Gasteiger partial charge in [-0.2, -0.15) is 0 Å². The van der Waals surface area contributed by atoms with Gasteiger partial charge in [0.15, 0.2) is 0 Å². The Labute approximate surface area is 145 Å². The molecule has 0 bridgehead atoms. The minimum absolute atomic E-state index is 0.970. The lowest BCUT2D eigenvalue weighted by Crippen LogP contribution is -2.30.